The molecular weight excluding hydrogens is 536 g/mol. The number of imidazole rings is 1. The van der Waals surface area contributed by atoms with Crippen LogP contribution in [0, 0.1) is 0 Å². The van der Waals surface area contributed by atoms with Crippen LogP contribution in [0.3, 0.4) is 0 Å². The van der Waals surface area contributed by atoms with Crippen molar-refractivity contribution in [3.63, 3.8) is 0 Å². The zero-order chi connectivity index (χ0) is 25.5. The number of halogens is 6. The number of methoxy groups -OCH3 is 1. The van der Waals surface area contributed by atoms with Crippen LogP contribution < -0.4 is 4.74 Å². The molecule has 8 nitrogen and oxygen atoms in total. The molecule has 0 radical (unpaired) electrons. The van der Waals surface area contributed by atoms with Gasteiger partial charge in [0.15, 0.2) is 17.5 Å². The van der Waals surface area contributed by atoms with Gasteiger partial charge in [-0.05, 0) is 19.1 Å². The first-order valence-electron chi connectivity index (χ1n) is 9.75. The van der Waals surface area contributed by atoms with Gasteiger partial charge in [0, 0.05) is 25.6 Å². The van der Waals surface area contributed by atoms with Crippen molar-refractivity contribution in [2.24, 2.45) is 0 Å². The highest BCUT2D eigenvalue weighted by atomic mass is 35.5. The lowest BCUT2D eigenvalue weighted by Crippen LogP contribution is -2.27. The number of ether oxygens (including phenoxy) is 2. The molecule has 4 aromatic rings. The van der Waals surface area contributed by atoms with E-state index in [2.05, 4.69) is 15.1 Å². The van der Waals surface area contributed by atoms with Crippen LogP contribution >= 0.6 is 34.8 Å². The van der Waals surface area contributed by atoms with E-state index in [9.17, 15) is 18.0 Å². The number of Topliss-reactive ketones (excluding diaryl/α,β-unsaturated/α-hetero) is 1. The summed E-state index contributed by atoms with van der Waals surface area (Å²) in [6.45, 7) is 1.42. The second-order valence-electron chi connectivity index (χ2n) is 7.28. The third-order valence-corrected chi connectivity index (χ3v) is 5.67. The zero-order valence-corrected chi connectivity index (χ0v) is 20.1. The molecule has 4 rings (SSSR count). The number of rotatable bonds is 7. The van der Waals surface area contributed by atoms with Crippen molar-refractivity contribution in [1.82, 2.24) is 19.5 Å². The van der Waals surface area contributed by atoms with E-state index in [0.717, 1.165) is 16.7 Å². The quantitative estimate of drug-likeness (QED) is 0.279. The minimum Gasteiger partial charge on any atom is -0.481 e. The number of hydrogen-bond donors (Lipinski definition) is 0. The Labute approximate surface area is 210 Å². The maximum atomic E-state index is 13.1. The number of benzene rings is 1. The molecule has 35 heavy (non-hydrogen) atoms. The molecule has 0 spiro atoms. The molecule has 0 saturated heterocycles. The van der Waals surface area contributed by atoms with Crippen molar-refractivity contribution in [2.75, 3.05) is 13.7 Å². The highest BCUT2D eigenvalue weighted by molar-refractivity contribution is 6.36. The Balaban J connectivity index is 1.63. The summed E-state index contributed by atoms with van der Waals surface area (Å²) < 4.78 is 56.0. The first kappa shape index (κ1) is 25.2. The molecule has 0 aliphatic rings. The minimum atomic E-state index is -4.58. The standard InChI is InChI=1S/C21H14Cl3F3N4O4/c1-9(16(32)8-33-2)34-17-5-12(22)11(4-13(17)23)20-29-18(30-35-20)15-7-31-6-10(21(25,26)27)3-14(24)19(31)28-15/h3-7,9H,8H2,1-2H3. The fraction of sp³-hybridized carbons (Fsp3) is 0.238. The molecule has 1 aromatic carbocycles. The van der Waals surface area contributed by atoms with Gasteiger partial charge in [0.05, 0.1) is 26.2 Å². The number of hydrogen-bond acceptors (Lipinski definition) is 7. The van der Waals surface area contributed by atoms with Crippen LogP contribution in [0.4, 0.5) is 13.2 Å². The number of ketones is 1. The van der Waals surface area contributed by atoms with E-state index in [1.807, 2.05) is 0 Å². The fourth-order valence-electron chi connectivity index (χ4n) is 3.06. The molecule has 1 atom stereocenters. The van der Waals surface area contributed by atoms with Gasteiger partial charge in [-0.15, -0.1) is 0 Å². The van der Waals surface area contributed by atoms with Gasteiger partial charge in [0.25, 0.3) is 5.89 Å². The van der Waals surface area contributed by atoms with Crippen molar-refractivity contribution < 1.29 is 32.0 Å². The Hall–Kier alpha value is -2.86. The summed E-state index contributed by atoms with van der Waals surface area (Å²) in [5.74, 6) is -0.173. The number of fused-ring (bicyclic) bond motifs is 1. The third-order valence-electron chi connectivity index (χ3n) is 4.78. The lowest BCUT2D eigenvalue weighted by molar-refractivity contribution is -0.137. The number of aromatic nitrogens is 4. The fourth-order valence-corrected chi connectivity index (χ4v) is 3.76. The van der Waals surface area contributed by atoms with Crippen LogP contribution in [0.2, 0.25) is 15.1 Å². The lowest BCUT2D eigenvalue weighted by Gasteiger charge is -2.15. The molecule has 14 heteroatoms. The van der Waals surface area contributed by atoms with Crippen molar-refractivity contribution in [3.05, 3.63) is 51.2 Å². The smallest absolute Gasteiger partial charge is 0.417 e. The molecule has 0 saturated carbocycles. The maximum absolute atomic E-state index is 13.1. The Bertz CT molecular complexity index is 1420. The second-order valence-corrected chi connectivity index (χ2v) is 8.50. The van der Waals surface area contributed by atoms with E-state index in [1.54, 1.807) is 6.92 Å². The molecule has 3 aromatic heterocycles. The molecule has 0 fully saturated rings. The van der Waals surface area contributed by atoms with E-state index in [-0.39, 0.29) is 61.8 Å². The predicted octanol–water partition coefficient (Wildman–Crippen LogP) is 6.01. The summed E-state index contributed by atoms with van der Waals surface area (Å²) in [5, 5.41) is 3.89. The Morgan fingerprint density at radius 2 is 1.86 bits per heavy atom. The van der Waals surface area contributed by atoms with E-state index < -0.39 is 17.8 Å². The van der Waals surface area contributed by atoms with E-state index in [0.29, 0.717) is 0 Å². The van der Waals surface area contributed by atoms with Crippen LogP contribution in [0.15, 0.2) is 35.1 Å². The van der Waals surface area contributed by atoms with Gasteiger partial charge in [-0.2, -0.15) is 18.2 Å². The van der Waals surface area contributed by atoms with Gasteiger partial charge in [0.2, 0.25) is 5.82 Å². The van der Waals surface area contributed by atoms with Crippen LogP contribution in [-0.2, 0) is 15.7 Å². The largest absolute Gasteiger partial charge is 0.481 e. The molecule has 3 heterocycles. The molecule has 0 N–H and O–H groups in total. The number of pyridine rings is 1. The van der Waals surface area contributed by atoms with Crippen molar-refractivity contribution in [3.8, 4) is 28.7 Å². The van der Waals surface area contributed by atoms with E-state index in [1.165, 1.54) is 25.4 Å². The molecule has 0 bridgehead atoms. The number of alkyl halides is 3. The van der Waals surface area contributed by atoms with Crippen molar-refractivity contribution in [1.29, 1.82) is 0 Å². The van der Waals surface area contributed by atoms with Gasteiger partial charge in [-0.1, -0.05) is 40.0 Å². The van der Waals surface area contributed by atoms with Gasteiger partial charge < -0.3 is 18.4 Å². The molecular formula is C21H14Cl3F3N4O4. The summed E-state index contributed by atoms with van der Waals surface area (Å²) in [7, 11) is 1.39. The SMILES string of the molecule is COCC(=O)C(C)Oc1cc(Cl)c(-c2nc(-c3cn4cc(C(F)(F)F)cc(Cl)c4n3)no2)cc1Cl. The lowest BCUT2D eigenvalue weighted by atomic mass is 10.2. The summed E-state index contributed by atoms with van der Waals surface area (Å²) in [6.07, 6.45) is -3.27. The summed E-state index contributed by atoms with van der Waals surface area (Å²) >= 11 is 18.6. The molecule has 0 aliphatic carbocycles. The van der Waals surface area contributed by atoms with E-state index in [4.69, 9.17) is 48.8 Å². The highest BCUT2D eigenvalue weighted by Gasteiger charge is 2.32. The first-order chi connectivity index (χ1) is 16.5. The number of carbonyl (C=O) groups is 1. The molecule has 184 valence electrons. The normalized spacial score (nSPS) is 12.8. The highest BCUT2D eigenvalue weighted by Crippen LogP contribution is 2.38. The van der Waals surface area contributed by atoms with E-state index >= 15 is 0 Å². The topological polar surface area (TPSA) is 91.8 Å². The average molecular weight is 550 g/mol. The van der Waals surface area contributed by atoms with Gasteiger partial charge in [-0.25, -0.2) is 4.98 Å². The van der Waals surface area contributed by atoms with Crippen molar-refractivity contribution in [2.45, 2.75) is 19.2 Å². The molecule has 0 aliphatic heterocycles. The van der Waals surface area contributed by atoms with Crippen LogP contribution in [0.5, 0.6) is 5.75 Å². The average Bonchev–Trinajstić information content (AvgIpc) is 3.43. The second kappa shape index (κ2) is 9.65. The minimum absolute atomic E-state index is 0.0142. The van der Waals surface area contributed by atoms with Crippen molar-refractivity contribution >= 4 is 46.2 Å². The number of nitrogens with zero attached hydrogens (tertiary/aromatic N) is 4. The summed E-state index contributed by atoms with van der Waals surface area (Å²) in [4.78, 5) is 20.3. The number of carbonyl (C=O) groups excluding carboxylic acids is 1. The summed E-state index contributed by atoms with van der Waals surface area (Å²) in [6, 6.07) is 3.59. The monoisotopic (exact) mass is 548 g/mol. The first-order valence-corrected chi connectivity index (χ1v) is 10.9. The van der Waals surface area contributed by atoms with Gasteiger partial charge in [0.1, 0.15) is 18.1 Å². The predicted molar refractivity (Wildman–Crippen MR) is 121 cm³/mol. The molecule has 1 unspecified atom stereocenters. The Morgan fingerprint density at radius 1 is 1.11 bits per heavy atom. The van der Waals surface area contributed by atoms with Crippen LogP contribution in [0.1, 0.15) is 12.5 Å². The zero-order valence-electron chi connectivity index (χ0n) is 17.9. The van der Waals surface area contributed by atoms with Crippen LogP contribution in [-0.4, -0.2) is 45.1 Å². The summed E-state index contributed by atoms with van der Waals surface area (Å²) in [5.41, 5.74) is -0.468. The maximum Gasteiger partial charge on any atom is 0.417 e. The van der Waals surface area contributed by atoms with Crippen LogP contribution in [0.25, 0.3) is 28.6 Å². The Morgan fingerprint density at radius 3 is 2.54 bits per heavy atom. The molecule has 0 amide bonds. The van der Waals surface area contributed by atoms with Gasteiger partial charge >= 0.3 is 6.18 Å². The Kier molecular flexibility index (Phi) is 6.96. The third kappa shape index (κ3) is 5.22. The van der Waals surface area contributed by atoms with Gasteiger partial charge in [-0.3, -0.25) is 4.79 Å².